The third kappa shape index (κ3) is 4.27. The van der Waals surface area contributed by atoms with Crippen LogP contribution in [0.2, 0.25) is 5.02 Å². The van der Waals surface area contributed by atoms with Crippen LogP contribution in [0.5, 0.6) is 23.0 Å². The Balaban J connectivity index is 1.65. The molecule has 5 rings (SSSR count). The first kappa shape index (κ1) is 21.7. The van der Waals surface area contributed by atoms with Crippen LogP contribution in [-0.4, -0.2) is 36.7 Å². The van der Waals surface area contributed by atoms with E-state index in [0.29, 0.717) is 35.3 Å². The lowest BCUT2D eigenvalue weighted by molar-refractivity contribution is 0.102. The molecule has 3 heterocycles. The number of aromatic nitrogens is 1. The van der Waals surface area contributed by atoms with Gasteiger partial charge in [-0.1, -0.05) is 18.0 Å². The molecule has 0 spiro atoms. The number of halogens is 1. The van der Waals surface area contributed by atoms with Crippen LogP contribution in [0.1, 0.15) is 29.6 Å². The molecule has 2 aliphatic heterocycles. The summed E-state index contributed by atoms with van der Waals surface area (Å²) in [5.74, 6) is 0.458. The lowest BCUT2D eigenvalue weighted by Gasteiger charge is -2.27. The molecule has 1 saturated heterocycles. The molecule has 10 heteroatoms. The van der Waals surface area contributed by atoms with Gasteiger partial charge in [-0.3, -0.25) is 9.78 Å². The summed E-state index contributed by atoms with van der Waals surface area (Å²) in [6, 6.07) is 10.9. The normalized spacial score (nSPS) is 16.1. The summed E-state index contributed by atoms with van der Waals surface area (Å²) >= 11 is 6.06. The van der Waals surface area contributed by atoms with Gasteiger partial charge in [-0.25, -0.2) is 8.42 Å². The second-order valence-electron chi connectivity index (χ2n) is 7.75. The summed E-state index contributed by atoms with van der Waals surface area (Å²) in [5, 5.41) is 3.17. The molecule has 2 aromatic carbocycles. The number of benzene rings is 2. The molecular formula is C23H20ClN3O5S. The van der Waals surface area contributed by atoms with Gasteiger partial charge >= 0.3 is 0 Å². The van der Waals surface area contributed by atoms with Crippen LogP contribution in [0.3, 0.4) is 0 Å². The van der Waals surface area contributed by atoms with Crippen LogP contribution >= 0.6 is 11.6 Å². The van der Waals surface area contributed by atoms with Crippen molar-refractivity contribution in [2.45, 2.75) is 24.2 Å². The van der Waals surface area contributed by atoms with Crippen LogP contribution in [-0.2, 0) is 10.0 Å². The van der Waals surface area contributed by atoms with Gasteiger partial charge in [0.1, 0.15) is 16.4 Å². The van der Waals surface area contributed by atoms with E-state index in [1.807, 2.05) is 0 Å². The van der Waals surface area contributed by atoms with Gasteiger partial charge in [0.15, 0.2) is 11.5 Å². The Hall–Kier alpha value is -3.14. The lowest BCUT2D eigenvalue weighted by atomic mass is 10.1. The molecule has 3 aromatic rings. The zero-order valence-corrected chi connectivity index (χ0v) is 19.0. The molecule has 33 heavy (non-hydrogen) atoms. The highest BCUT2D eigenvalue weighted by atomic mass is 35.5. The number of amides is 1. The molecule has 1 aromatic heterocycles. The monoisotopic (exact) mass is 485 g/mol. The van der Waals surface area contributed by atoms with Crippen molar-refractivity contribution in [1.82, 2.24) is 9.29 Å². The molecule has 1 N–H and O–H groups in total. The summed E-state index contributed by atoms with van der Waals surface area (Å²) in [7, 11) is -3.92. The maximum absolute atomic E-state index is 13.6. The second kappa shape index (κ2) is 8.66. The van der Waals surface area contributed by atoms with E-state index in [1.54, 1.807) is 36.5 Å². The van der Waals surface area contributed by atoms with Crippen molar-refractivity contribution < 1.29 is 22.7 Å². The van der Waals surface area contributed by atoms with Gasteiger partial charge in [0.25, 0.3) is 5.91 Å². The Labute approximate surface area is 196 Å². The molecule has 1 amide bonds. The Kier molecular flexibility index (Phi) is 5.69. The Morgan fingerprint density at radius 1 is 1.06 bits per heavy atom. The number of anilines is 1. The molecule has 0 aliphatic carbocycles. The minimum Gasteiger partial charge on any atom is -0.454 e. The molecule has 0 unspecified atom stereocenters. The topological polar surface area (TPSA) is 97.8 Å². The zero-order chi connectivity index (χ0) is 23.0. The van der Waals surface area contributed by atoms with E-state index in [9.17, 15) is 13.2 Å². The van der Waals surface area contributed by atoms with Gasteiger partial charge in [0.05, 0.1) is 17.4 Å². The van der Waals surface area contributed by atoms with E-state index < -0.39 is 15.9 Å². The Morgan fingerprint density at radius 3 is 2.64 bits per heavy atom. The maximum atomic E-state index is 13.6. The summed E-state index contributed by atoms with van der Waals surface area (Å²) in [6.07, 6.45) is 5.61. The quantitative estimate of drug-likeness (QED) is 0.554. The molecule has 0 atom stereocenters. The smallest absolute Gasteiger partial charge is 0.259 e. The first-order valence-electron chi connectivity index (χ1n) is 10.5. The second-order valence-corrected chi connectivity index (χ2v) is 10.1. The van der Waals surface area contributed by atoms with Gasteiger partial charge in [-0.05, 0) is 49.2 Å². The fourth-order valence-electron chi connectivity index (χ4n) is 3.86. The largest absolute Gasteiger partial charge is 0.454 e. The maximum Gasteiger partial charge on any atom is 0.259 e. The lowest BCUT2D eigenvalue weighted by Crippen LogP contribution is -2.35. The van der Waals surface area contributed by atoms with Crippen LogP contribution in [0.15, 0.2) is 59.8 Å². The SMILES string of the molecule is O=C1Nc2cc(Cl)ccc2Oc2cc(Oc3cccnc3)c(S(=O)(=O)N3CCCCC3)cc21. The summed E-state index contributed by atoms with van der Waals surface area (Å²) in [5.41, 5.74) is 0.468. The number of sulfonamides is 1. The van der Waals surface area contributed by atoms with Gasteiger partial charge in [0, 0.05) is 30.4 Å². The molecule has 0 radical (unpaired) electrons. The number of ether oxygens (including phenoxy) is 2. The van der Waals surface area contributed by atoms with E-state index in [0.717, 1.165) is 19.3 Å². The molecule has 0 bridgehead atoms. The predicted octanol–water partition coefficient (Wildman–Crippen LogP) is 5.06. The highest BCUT2D eigenvalue weighted by Gasteiger charge is 2.33. The minimum atomic E-state index is -3.92. The predicted molar refractivity (Wildman–Crippen MR) is 123 cm³/mol. The van der Waals surface area contributed by atoms with Crippen molar-refractivity contribution in [3.63, 3.8) is 0 Å². The standard InChI is InChI=1S/C23H20ClN3O5S/c24-15-6-7-19-18(11-15)26-23(28)17-12-22(33(29,30)27-9-2-1-3-10-27)21(13-20(17)32-19)31-16-5-4-8-25-14-16/h4-8,11-14H,1-3,9-10H2,(H,26,28). The van der Waals surface area contributed by atoms with Gasteiger partial charge in [0.2, 0.25) is 10.0 Å². The van der Waals surface area contributed by atoms with Crippen molar-refractivity contribution in [3.8, 4) is 23.0 Å². The summed E-state index contributed by atoms with van der Waals surface area (Å²) in [4.78, 5) is 16.9. The number of nitrogens with zero attached hydrogens (tertiary/aromatic N) is 2. The van der Waals surface area contributed by atoms with Crippen molar-refractivity contribution >= 4 is 33.2 Å². The van der Waals surface area contributed by atoms with E-state index in [2.05, 4.69) is 10.3 Å². The van der Waals surface area contributed by atoms with E-state index >= 15 is 0 Å². The average Bonchev–Trinajstić information content (AvgIpc) is 2.95. The van der Waals surface area contributed by atoms with E-state index in [-0.39, 0.29) is 22.0 Å². The summed E-state index contributed by atoms with van der Waals surface area (Å²) < 4.78 is 40.5. The third-order valence-electron chi connectivity index (χ3n) is 5.50. The number of piperidine rings is 1. The fraction of sp³-hybridized carbons (Fsp3) is 0.217. The third-order valence-corrected chi connectivity index (χ3v) is 7.65. The van der Waals surface area contributed by atoms with Crippen molar-refractivity contribution in [1.29, 1.82) is 0 Å². The first-order chi connectivity index (χ1) is 15.9. The van der Waals surface area contributed by atoms with Crippen molar-refractivity contribution in [2.24, 2.45) is 0 Å². The number of nitrogens with one attached hydrogen (secondary N) is 1. The Bertz CT molecular complexity index is 1330. The number of hydrogen-bond acceptors (Lipinski definition) is 6. The summed E-state index contributed by atoms with van der Waals surface area (Å²) in [6.45, 7) is 0.830. The zero-order valence-electron chi connectivity index (χ0n) is 17.5. The van der Waals surface area contributed by atoms with Gasteiger partial charge < -0.3 is 14.8 Å². The molecule has 2 aliphatic rings. The van der Waals surface area contributed by atoms with Crippen LogP contribution in [0, 0.1) is 0 Å². The average molecular weight is 486 g/mol. The molecule has 0 saturated carbocycles. The molecule has 170 valence electrons. The first-order valence-corrected chi connectivity index (χ1v) is 12.3. The number of rotatable bonds is 4. The van der Waals surface area contributed by atoms with Crippen LogP contribution in [0.25, 0.3) is 0 Å². The van der Waals surface area contributed by atoms with Crippen molar-refractivity contribution in [3.05, 3.63) is 65.4 Å². The van der Waals surface area contributed by atoms with E-state index in [1.165, 1.54) is 22.6 Å². The number of carbonyl (C=O) groups is 1. The molecular weight excluding hydrogens is 466 g/mol. The number of fused-ring (bicyclic) bond motifs is 2. The minimum absolute atomic E-state index is 0.0533. The van der Waals surface area contributed by atoms with Gasteiger partial charge in [-0.15, -0.1) is 0 Å². The van der Waals surface area contributed by atoms with Crippen LogP contribution < -0.4 is 14.8 Å². The molecule has 1 fully saturated rings. The van der Waals surface area contributed by atoms with Crippen LogP contribution in [0.4, 0.5) is 5.69 Å². The number of pyridine rings is 1. The van der Waals surface area contributed by atoms with Crippen molar-refractivity contribution in [2.75, 3.05) is 18.4 Å². The van der Waals surface area contributed by atoms with E-state index in [4.69, 9.17) is 21.1 Å². The Morgan fingerprint density at radius 2 is 1.88 bits per heavy atom. The number of hydrogen-bond donors (Lipinski definition) is 1. The number of carbonyl (C=O) groups excluding carboxylic acids is 1. The fourth-order valence-corrected chi connectivity index (χ4v) is 5.67. The van der Waals surface area contributed by atoms with Gasteiger partial charge in [-0.2, -0.15) is 4.31 Å². The molecule has 8 nitrogen and oxygen atoms in total. The highest BCUT2D eigenvalue weighted by Crippen LogP contribution is 2.42. The highest BCUT2D eigenvalue weighted by molar-refractivity contribution is 7.89.